The maximum atomic E-state index is 12.5. The number of benzene rings is 2. The average molecular weight is 451 g/mol. The van der Waals surface area contributed by atoms with Crippen molar-refractivity contribution in [2.24, 2.45) is 0 Å². The summed E-state index contributed by atoms with van der Waals surface area (Å²) in [6.07, 6.45) is 1.42. The summed E-state index contributed by atoms with van der Waals surface area (Å²) in [5.41, 5.74) is 1.93. The van der Waals surface area contributed by atoms with Crippen LogP contribution in [0, 0.1) is 6.92 Å². The van der Waals surface area contributed by atoms with Gasteiger partial charge in [-0.1, -0.05) is 11.6 Å². The first-order valence-corrected chi connectivity index (χ1v) is 10.1. The number of aromatic nitrogens is 4. The molecule has 0 aliphatic heterocycles. The fraction of sp³-hybridized carbons (Fsp3) is 0.0556. The highest BCUT2D eigenvalue weighted by atomic mass is 35.5. The molecule has 0 unspecified atom stereocenters. The number of nitrogens with one attached hydrogen (secondary N) is 2. The first-order chi connectivity index (χ1) is 13.4. The van der Waals surface area contributed by atoms with Crippen molar-refractivity contribution in [2.75, 3.05) is 10.0 Å². The Hall–Kier alpha value is -2.88. The SMILES string of the molecule is Cc1cc(Nc2ccc(S(=O)(=O)Nc3ccc(Cl)cc3)cc2)n2ncnc2n1.Cl. The molecule has 0 fully saturated rings. The second-order valence-electron chi connectivity index (χ2n) is 6.02. The number of hydrogen-bond acceptors (Lipinski definition) is 6. The summed E-state index contributed by atoms with van der Waals surface area (Å²) >= 11 is 5.82. The van der Waals surface area contributed by atoms with Gasteiger partial charge in [0.1, 0.15) is 12.1 Å². The Labute approximate surface area is 178 Å². The minimum atomic E-state index is -3.71. The van der Waals surface area contributed by atoms with Gasteiger partial charge in [-0.25, -0.2) is 13.4 Å². The zero-order valence-corrected chi connectivity index (χ0v) is 17.5. The molecule has 29 heavy (non-hydrogen) atoms. The third-order valence-corrected chi connectivity index (χ3v) is 5.56. The topological polar surface area (TPSA) is 101 Å². The van der Waals surface area contributed by atoms with Gasteiger partial charge in [-0.15, -0.1) is 12.4 Å². The van der Waals surface area contributed by atoms with Gasteiger partial charge in [0.05, 0.1) is 4.90 Å². The van der Waals surface area contributed by atoms with Crippen LogP contribution in [0.4, 0.5) is 17.2 Å². The van der Waals surface area contributed by atoms with Gasteiger partial charge < -0.3 is 5.32 Å². The molecule has 0 spiro atoms. The van der Waals surface area contributed by atoms with E-state index >= 15 is 0 Å². The molecule has 0 saturated carbocycles. The summed E-state index contributed by atoms with van der Waals surface area (Å²) in [6.45, 7) is 1.86. The third-order valence-electron chi connectivity index (χ3n) is 3.91. The first-order valence-electron chi connectivity index (χ1n) is 8.24. The average Bonchev–Trinajstić information content (AvgIpc) is 3.12. The Bertz CT molecular complexity index is 1240. The van der Waals surface area contributed by atoms with Crippen molar-refractivity contribution in [1.82, 2.24) is 19.6 Å². The van der Waals surface area contributed by atoms with Gasteiger partial charge in [-0.05, 0) is 55.5 Å². The number of fused-ring (bicyclic) bond motifs is 1. The summed E-state index contributed by atoms with van der Waals surface area (Å²) in [6, 6.07) is 14.7. The van der Waals surface area contributed by atoms with Crippen molar-refractivity contribution >= 4 is 57.0 Å². The molecule has 4 aromatic rings. The van der Waals surface area contributed by atoms with E-state index in [-0.39, 0.29) is 17.3 Å². The fourth-order valence-electron chi connectivity index (χ4n) is 2.62. The summed E-state index contributed by atoms with van der Waals surface area (Å²) in [5.74, 6) is 1.16. The monoisotopic (exact) mass is 450 g/mol. The third kappa shape index (κ3) is 4.58. The zero-order chi connectivity index (χ0) is 19.7. The Morgan fingerprint density at radius 1 is 1.00 bits per heavy atom. The standard InChI is InChI=1S/C18H15ClN6O2S.ClH/c1-12-10-17(25-18(22-12)20-11-21-25)23-14-6-8-16(9-7-14)28(26,27)24-15-4-2-13(19)3-5-15;/h2-11,23-24H,1H3;1H. The molecule has 150 valence electrons. The van der Waals surface area contributed by atoms with Crippen LogP contribution in [0.1, 0.15) is 5.69 Å². The summed E-state index contributed by atoms with van der Waals surface area (Å²) in [5, 5.41) is 7.86. The van der Waals surface area contributed by atoms with E-state index < -0.39 is 10.0 Å². The normalized spacial score (nSPS) is 11.1. The molecule has 0 atom stereocenters. The molecule has 2 aromatic heterocycles. The van der Waals surface area contributed by atoms with Crippen LogP contribution in [0.3, 0.4) is 0 Å². The first kappa shape index (κ1) is 20.8. The van der Waals surface area contributed by atoms with Crippen LogP contribution in [-0.2, 0) is 10.0 Å². The molecule has 0 aliphatic carbocycles. The fourth-order valence-corrected chi connectivity index (χ4v) is 3.80. The van der Waals surface area contributed by atoms with Crippen molar-refractivity contribution in [3.8, 4) is 0 Å². The van der Waals surface area contributed by atoms with E-state index in [1.165, 1.54) is 18.5 Å². The Balaban J connectivity index is 0.00000240. The van der Waals surface area contributed by atoms with Gasteiger partial charge in [0.25, 0.3) is 15.8 Å². The van der Waals surface area contributed by atoms with Gasteiger partial charge in [-0.3, -0.25) is 4.72 Å². The molecular weight excluding hydrogens is 435 g/mol. The van der Waals surface area contributed by atoms with E-state index in [0.717, 1.165) is 5.69 Å². The predicted octanol–water partition coefficient (Wildman–Crippen LogP) is 4.05. The lowest BCUT2D eigenvalue weighted by atomic mass is 10.3. The van der Waals surface area contributed by atoms with Crippen molar-refractivity contribution in [1.29, 1.82) is 0 Å². The van der Waals surface area contributed by atoms with Crippen molar-refractivity contribution in [3.05, 3.63) is 71.6 Å². The van der Waals surface area contributed by atoms with E-state index in [1.54, 1.807) is 40.9 Å². The number of aryl methyl sites for hydroxylation is 1. The maximum absolute atomic E-state index is 12.5. The van der Waals surface area contributed by atoms with Crippen LogP contribution in [0.2, 0.25) is 5.02 Å². The molecule has 0 amide bonds. The lowest BCUT2D eigenvalue weighted by molar-refractivity contribution is 0.601. The van der Waals surface area contributed by atoms with Crippen LogP contribution >= 0.6 is 24.0 Å². The van der Waals surface area contributed by atoms with Crippen LogP contribution in [0.25, 0.3) is 5.78 Å². The van der Waals surface area contributed by atoms with E-state index in [0.29, 0.717) is 28.0 Å². The predicted molar refractivity (Wildman–Crippen MR) is 115 cm³/mol. The molecule has 0 aliphatic rings. The highest BCUT2D eigenvalue weighted by molar-refractivity contribution is 7.92. The molecule has 2 aromatic carbocycles. The van der Waals surface area contributed by atoms with Crippen molar-refractivity contribution < 1.29 is 8.42 Å². The highest BCUT2D eigenvalue weighted by Crippen LogP contribution is 2.22. The summed E-state index contributed by atoms with van der Waals surface area (Å²) in [4.78, 5) is 8.50. The van der Waals surface area contributed by atoms with Crippen molar-refractivity contribution in [2.45, 2.75) is 11.8 Å². The second kappa shape index (κ2) is 8.24. The van der Waals surface area contributed by atoms with Gasteiger partial charge in [0, 0.05) is 28.2 Å². The van der Waals surface area contributed by atoms with Gasteiger partial charge in [0.2, 0.25) is 0 Å². The van der Waals surface area contributed by atoms with Crippen LogP contribution < -0.4 is 10.0 Å². The zero-order valence-electron chi connectivity index (χ0n) is 15.1. The van der Waals surface area contributed by atoms with Gasteiger partial charge in [0.15, 0.2) is 0 Å². The Kier molecular flexibility index (Phi) is 5.92. The summed E-state index contributed by atoms with van der Waals surface area (Å²) in [7, 11) is -3.71. The largest absolute Gasteiger partial charge is 0.340 e. The quantitative estimate of drug-likeness (QED) is 0.475. The van der Waals surface area contributed by atoms with Gasteiger partial charge in [-0.2, -0.15) is 14.6 Å². The lowest BCUT2D eigenvalue weighted by Crippen LogP contribution is -2.12. The van der Waals surface area contributed by atoms with Crippen LogP contribution in [0.15, 0.2) is 65.8 Å². The minimum absolute atomic E-state index is 0. The minimum Gasteiger partial charge on any atom is -0.340 e. The van der Waals surface area contributed by atoms with Crippen LogP contribution in [0.5, 0.6) is 0 Å². The van der Waals surface area contributed by atoms with Crippen LogP contribution in [-0.4, -0.2) is 28.0 Å². The number of anilines is 3. The molecule has 4 rings (SSSR count). The van der Waals surface area contributed by atoms with E-state index in [1.807, 2.05) is 13.0 Å². The molecule has 0 radical (unpaired) electrons. The van der Waals surface area contributed by atoms with Crippen molar-refractivity contribution in [3.63, 3.8) is 0 Å². The second-order valence-corrected chi connectivity index (χ2v) is 8.14. The van der Waals surface area contributed by atoms with Gasteiger partial charge >= 0.3 is 0 Å². The number of hydrogen-bond donors (Lipinski definition) is 2. The van der Waals surface area contributed by atoms with E-state index in [9.17, 15) is 8.42 Å². The Morgan fingerprint density at radius 2 is 1.66 bits per heavy atom. The smallest absolute Gasteiger partial charge is 0.261 e. The molecule has 11 heteroatoms. The highest BCUT2D eigenvalue weighted by Gasteiger charge is 2.14. The molecule has 0 bridgehead atoms. The molecule has 0 saturated heterocycles. The molecule has 8 nitrogen and oxygen atoms in total. The number of nitrogens with zero attached hydrogens (tertiary/aromatic N) is 4. The molecular formula is C18H16Cl2N6O2S. The number of halogens is 2. The van der Waals surface area contributed by atoms with E-state index in [4.69, 9.17) is 11.6 Å². The molecule has 2 heterocycles. The lowest BCUT2D eigenvalue weighted by Gasteiger charge is -2.11. The molecule has 2 N–H and O–H groups in total. The Morgan fingerprint density at radius 3 is 2.34 bits per heavy atom. The van der Waals surface area contributed by atoms with E-state index in [2.05, 4.69) is 25.1 Å². The number of rotatable bonds is 5. The number of sulfonamides is 1. The maximum Gasteiger partial charge on any atom is 0.261 e. The summed E-state index contributed by atoms with van der Waals surface area (Å²) < 4.78 is 29.2.